The topological polar surface area (TPSA) is 81.5 Å². The van der Waals surface area contributed by atoms with Gasteiger partial charge in [-0.2, -0.15) is 0 Å². The lowest BCUT2D eigenvalue weighted by Crippen LogP contribution is -2.28. The van der Waals surface area contributed by atoms with Gasteiger partial charge in [-0.25, -0.2) is 0 Å². The van der Waals surface area contributed by atoms with Crippen LogP contribution in [0.2, 0.25) is 0 Å². The summed E-state index contributed by atoms with van der Waals surface area (Å²) in [4.78, 5) is 21.9. The van der Waals surface area contributed by atoms with Crippen molar-refractivity contribution in [1.82, 2.24) is 5.32 Å². The number of ether oxygens (including phenoxy) is 1. The first-order valence-electron chi connectivity index (χ1n) is 6.79. The molecule has 0 bridgehead atoms. The molecule has 0 atom stereocenters. The summed E-state index contributed by atoms with van der Waals surface area (Å²) in [7, 11) is 0. The molecule has 0 spiro atoms. The number of nitrogens with zero attached hydrogens (tertiary/aromatic N) is 1. The maximum Gasteiger partial charge on any atom is 0.269 e. The van der Waals surface area contributed by atoms with Gasteiger partial charge in [0.1, 0.15) is 12.4 Å². The second-order valence-corrected chi connectivity index (χ2v) is 4.67. The van der Waals surface area contributed by atoms with Crippen LogP contribution in [0.5, 0.6) is 5.75 Å². The van der Waals surface area contributed by atoms with Crippen LogP contribution >= 0.6 is 0 Å². The van der Waals surface area contributed by atoms with Gasteiger partial charge in [0.05, 0.1) is 11.5 Å². The zero-order valence-electron chi connectivity index (χ0n) is 12.1. The molecule has 0 aromatic heterocycles. The summed E-state index contributed by atoms with van der Waals surface area (Å²) in [6, 6.07) is 13.1. The molecule has 0 aliphatic carbocycles. The second-order valence-electron chi connectivity index (χ2n) is 4.67. The lowest BCUT2D eigenvalue weighted by atomic mass is 10.2. The van der Waals surface area contributed by atoms with Crippen molar-refractivity contribution < 1.29 is 14.5 Å². The molecule has 22 heavy (non-hydrogen) atoms. The van der Waals surface area contributed by atoms with Gasteiger partial charge in [-0.15, -0.1) is 0 Å². The number of nitrogens with one attached hydrogen (secondary N) is 1. The van der Waals surface area contributed by atoms with Crippen LogP contribution in [0, 0.1) is 17.0 Å². The van der Waals surface area contributed by atoms with Crippen molar-refractivity contribution in [2.75, 3.05) is 13.2 Å². The monoisotopic (exact) mass is 300 g/mol. The lowest BCUT2D eigenvalue weighted by Gasteiger charge is -2.09. The predicted molar refractivity (Wildman–Crippen MR) is 82.1 cm³/mol. The van der Waals surface area contributed by atoms with Gasteiger partial charge in [-0.05, 0) is 30.7 Å². The van der Waals surface area contributed by atoms with Gasteiger partial charge in [0, 0.05) is 17.7 Å². The number of amides is 1. The molecule has 0 aliphatic rings. The van der Waals surface area contributed by atoms with Gasteiger partial charge >= 0.3 is 0 Å². The SMILES string of the molecule is Cc1ccccc1OCCNC(=O)c1ccc([N+](=O)[O-])cc1. The Kier molecular flexibility index (Phi) is 5.08. The number of non-ortho nitro benzene ring substituents is 1. The van der Waals surface area contributed by atoms with E-state index in [4.69, 9.17) is 4.74 Å². The van der Waals surface area contributed by atoms with Crippen LogP contribution in [0.1, 0.15) is 15.9 Å². The van der Waals surface area contributed by atoms with Crippen molar-refractivity contribution in [3.63, 3.8) is 0 Å². The molecule has 1 N–H and O–H groups in total. The third-order valence-electron chi connectivity index (χ3n) is 3.08. The number of aryl methyl sites for hydroxylation is 1. The van der Waals surface area contributed by atoms with Crippen molar-refractivity contribution in [2.24, 2.45) is 0 Å². The average Bonchev–Trinajstić information content (AvgIpc) is 2.53. The minimum Gasteiger partial charge on any atom is -0.491 e. The maximum atomic E-state index is 11.9. The minimum absolute atomic E-state index is 0.0422. The van der Waals surface area contributed by atoms with E-state index in [2.05, 4.69) is 5.32 Å². The van der Waals surface area contributed by atoms with Gasteiger partial charge in [-0.3, -0.25) is 14.9 Å². The highest BCUT2D eigenvalue weighted by Gasteiger charge is 2.09. The maximum absolute atomic E-state index is 11.9. The van der Waals surface area contributed by atoms with Gasteiger partial charge < -0.3 is 10.1 Å². The lowest BCUT2D eigenvalue weighted by molar-refractivity contribution is -0.384. The van der Waals surface area contributed by atoms with E-state index in [1.165, 1.54) is 24.3 Å². The Balaban J connectivity index is 1.80. The number of rotatable bonds is 6. The standard InChI is InChI=1S/C16H16N2O4/c1-12-4-2-3-5-15(12)22-11-10-17-16(19)13-6-8-14(9-7-13)18(20)21/h2-9H,10-11H2,1H3,(H,17,19). The van der Waals surface area contributed by atoms with E-state index in [0.29, 0.717) is 18.7 Å². The van der Waals surface area contributed by atoms with Crippen molar-refractivity contribution in [1.29, 1.82) is 0 Å². The molecule has 114 valence electrons. The largest absolute Gasteiger partial charge is 0.491 e. The summed E-state index contributed by atoms with van der Waals surface area (Å²) in [5.41, 5.74) is 1.37. The highest BCUT2D eigenvalue weighted by Crippen LogP contribution is 2.15. The van der Waals surface area contributed by atoms with Crippen LogP contribution in [0.4, 0.5) is 5.69 Å². The summed E-state index contributed by atoms with van der Waals surface area (Å²) >= 11 is 0. The van der Waals surface area contributed by atoms with E-state index in [9.17, 15) is 14.9 Å². The van der Waals surface area contributed by atoms with E-state index in [1.54, 1.807) is 0 Å². The third-order valence-corrected chi connectivity index (χ3v) is 3.08. The van der Waals surface area contributed by atoms with Crippen LogP contribution in [0.25, 0.3) is 0 Å². The second kappa shape index (κ2) is 7.21. The predicted octanol–water partition coefficient (Wildman–Crippen LogP) is 2.71. The highest BCUT2D eigenvalue weighted by atomic mass is 16.6. The Hall–Kier alpha value is -2.89. The molecular weight excluding hydrogens is 284 g/mol. The van der Waals surface area contributed by atoms with Crippen LogP contribution in [-0.4, -0.2) is 24.0 Å². The zero-order chi connectivity index (χ0) is 15.9. The van der Waals surface area contributed by atoms with Gasteiger partial charge in [0.15, 0.2) is 0 Å². The number of nitro groups is 1. The highest BCUT2D eigenvalue weighted by molar-refractivity contribution is 5.94. The first-order chi connectivity index (χ1) is 10.6. The molecule has 0 radical (unpaired) electrons. The van der Waals surface area contributed by atoms with Crippen LogP contribution in [-0.2, 0) is 0 Å². The van der Waals surface area contributed by atoms with Crippen LogP contribution in [0.3, 0.4) is 0 Å². The Morgan fingerprint density at radius 3 is 2.50 bits per heavy atom. The summed E-state index contributed by atoms with van der Waals surface area (Å²) in [5, 5.41) is 13.2. The number of para-hydroxylation sites is 1. The molecule has 6 heteroatoms. The number of nitro benzene ring substituents is 1. The first kappa shape index (κ1) is 15.5. The molecule has 0 heterocycles. The molecule has 0 aliphatic heterocycles. The summed E-state index contributed by atoms with van der Waals surface area (Å²) in [6.07, 6.45) is 0. The van der Waals surface area contributed by atoms with Gasteiger partial charge in [0.2, 0.25) is 0 Å². The Labute approximate surface area is 127 Å². The normalized spacial score (nSPS) is 10.0. The average molecular weight is 300 g/mol. The van der Waals surface area contributed by atoms with E-state index < -0.39 is 4.92 Å². The quantitative estimate of drug-likeness (QED) is 0.505. The van der Waals surface area contributed by atoms with Crippen molar-refractivity contribution in [3.05, 3.63) is 69.8 Å². The fourth-order valence-corrected chi connectivity index (χ4v) is 1.88. The number of benzene rings is 2. The van der Waals surface area contributed by atoms with E-state index in [-0.39, 0.29) is 11.6 Å². The molecule has 0 saturated carbocycles. The van der Waals surface area contributed by atoms with Crippen LogP contribution in [0.15, 0.2) is 48.5 Å². The zero-order valence-corrected chi connectivity index (χ0v) is 12.1. The Morgan fingerprint density at radius 1 is 1.18 bits per heavy atom. The first-order valence-corrected chi connectivity index (χ1v) is 6.79. The molecule has 2 aromatic carbocycles. The Morgan fingerprint density at radius 2 is 1.86 bits per heavy atom. The summed E-state index contributed by atoms with van der Waals surface area (Å²) in [5.74, 6) is 0.496. The fraction of sp³-hybridized carbons (Fsp3) is 0.188. The number of carbonyl (C=O) groups excluding carboxylic acids is 1. The Bertz CT molecular complexity index is 668. The summed E-state index contributed by atoms with van der Waals surface area (Å²) < 4.78 is 5.57. The number of hydrogen-bond donors (Lipinski definition) is 1. The van der Waals surface area contributed by atoms with Crippen molar-refractivity contribution in [3.8, 4) is 5.75 Å². The minimum atomic E-state index is -0.502. The molecule has 1 amide bonds. The van der Waals surface area contributed by atoms with Crippen molar-refractivity contribution in [2.45, 2.75) is 6.92 Å². The molecule has 0 unspecified atom stereocenters. The van der Waals surface area contributed by atoms with E-state index in [1.807, 2.05) is 31.2 Å². The number of carbonyl (C=O) groups is 1. The molecule has 2 rings (SSSR count). The molecule has 6 nitrogen and oxygen atoms in total. The van der Waals surface area contributed by atoms with Crippen LogP contribution < -0.4 is 10.1 Å². The fourth-order valence-electron chi connectivity index (χ4n) is 1.88. The molecule has 0 fully saturated rings. The third kappa shape index (κ3) is 4.05. The summed E-state index contributed by atoms with van der Waals surface area (Å²) in [6.45, 7) is 2.65. The van der Waals surface area contributed by atoms with Crippen molar-refractivity contribution >= 4 is 11.6 Å². The van der Waals surface area contributed by atoms with Gasteiger partial charge in [0.25, 0.3) is 11.6 Å². The van der Waals surface area contributed by atoms with E-state index in [0.717, 1.165) is 11.3 Å². The molecular formula is C16H16N2O4. The molecule has 2 aromatic rings. The smallest absolute Gasteiger partial charge is 0.269 e. The van der Waals surface area contributed by atoms with E-state index >= 15 is 0 Å². The number of hydrogen-bond acceptors (Lipinski definition) is 4. The van der Waals surface area contributed by atoms with Gasteiger partial charge in [-0.1, -0.05) is 18.2 Å². The molecule has 0 saturated heterocycles.